The average Bonchev–Trinajstić information content (AvgIpc) is 3.45. The molecule has 2 heterocycles. The second-order valence-corrected chi connectivity index (χ2v) is 11.7. The molecule has 0 radical (unpaired) electrons. The van der Waals surface area contributed by atoms with E-state index in [1.807, 2.05) is 31.3 Å². The molecular formula is C38H52N4. The summed E-state index contributed by atoms with van der Waals surface area (Å²) >= 11 is 0. The number of pyridine rings is 1. The van der Waals surface area contributed by atoms with Gasteiger partial charge < -0.3 is 5.32 Å². The predicted octanol–water partition coefficient (Wildman–Crippen LogP) is 10.0. The van der Waals surface area contributed by atoms with Crippen LogP contribution in [0.1, 0.15) is 90.3 Å². The van der Waals surface area contributed by atoms with E-state index in [1.54, 1.807) is 5.57 Å². The summed E-state index contributed by atoms with van der Waals surface area (Å²) in [4.78, 5) is 4.68. The largest absolute Gasteiger partial charge is 0.313 e. The van der Waals surface area contributed by atoms with Gasteiger partial charge in [0.25, 0.3) is 0 Å². The van der Waals surface area contributed by atoms with Gasteiger partial charge in [0, 0.05) is 17.8 Å². The first-order valence-corrected chi connectivity index (χ1v) is 15.9. The summed E-state index contributed by atoms with van der Waals surface area (Å²) in [6.07, 6.45) is 29.5. The highest BCUT2D eigenvalue weighted by Gasteiger charge is 2.12. The van der Waals surface area contributed by atoms with Crippen LogP contribution in [-0.4, -0.2) is 28.3 Å². The zero-order valence-electron chi connectivity index (χ0n) is 26.7. The minimum absolute atomic E-state index is 0.818. The normalized spacial score (nSPS) is 18.2. The number of hydrogen-bond acceptors (Lipinski definition) is 3. The van der Waals surface area contributed by atoms with Crippen LogP contribution >= 0.6 is 0 Å². The minimum Gasteiger partial charge on any atom is -0.313 e. The number of H-pyrrole nitrogens is 1. The molecule has 0 atom stereocenters. The fourth-order valence-corrected chi connectivity index (χ4v) is 5.17. The van der Waals surface area contributed by atoms with Gasteiger partial charge in [0.15, 0.2) is 0 Å². The summed E-state index contributed by atoms with van der Waals surface area (Å²) in [5.74, 6) is 0.818. The Hall–Kier alpha value is -3.50. The highest BCUT2D eigenvalue weighted by Crippen LogP contribution is 2.29. The van der Waals surface area contributed by atoms with Crippen molar-refractivity contribution >= 4 is 5.57 Å². The number of unbranched alkanes of at least 4 members (excludes halogenated alkanes) is 2. The van der Waals surface area contributed by atoms with Gasteiger partial charge in [0.05, 0.1) is 17.6 Å². The Kier molecular flexibility index (Phi) is 14.2. The van der Waals surface area contributed by atoms with Gasteiger partial charge in [0.2, 0.25) is 0 Å². The van der Waals surface area contributed by atoms with Gasteiger partial charge in [-0.1, -0.05) is 107 Å². The van der Waals surface area contributed by atoms with Crippen LogP contribution < -0.4 is 5.32 Å². The molecule has 0 aliphatic heterocycles. The zero-order valence-corrected chi connectivity index (χ0v) is 26.7. The van der Waals surface area contributed by atoms with E-state index in [0.717, 1.165) is 58.4 Å². The van der Waals surface area contributed by atoms with Gasteiger partial charge in [-0.15, -0.1) is 0 Å². The van der Waals surface area contributed by atoms with E-state index < -0.39 is 0 Å². The van der Waals surface area contributed by atoms with Gasteiger partial charge in [-0.2, -0.15) is 5.10 Å². The fourth-order valence-electron chi connectivity index (χ4n) is 5.17. The summed E-state index contributed by atoms with van der Waals surface area (Å²) in [6, 6.07) is 6.03. The lowest BCUT2D eigenvalue weighted by atomic mass is 9.97. The number of allylic oxidation sites excluding steroid dienone is 11. The standard InChI is InChI=1S/C38H52N4/c1-7-15-33(18-11-9-10-16-29(3)4)19-14-25-39-27-32(8-2)26-35-21-13-20-34(24-23-30(35)5)36-28-40-42-38(36)37-22-12-17-31(6)41-37/h8,12-13,17-18,20-24,26,28-29,39H,5,7,9-11,14-16,19,25,27H2,1-4,6H3,(H,40,42)/b21-13+,24-23-,32-8+,33-18+,34-20-,35-26-. The van der Waals surface area contributed by atoms with E-state index in [-0.39, 0.29) is 0 Å². The smallest absolute Gasteiger partial charge is 0.0912 e. The molecule has 2 N–H and O–H groups in total. The van der Waals surface area contributed by atoms with Gasteiger partial charge in [-0.25, -0.2) is 0 Å². The van der Waals surface area contributed by atoms with Crippen molar-refractivity contribution in [3.63, 3.8) is 0 Å². The molecule has 1 aliphatic rings. The van der Waals surface area contributed by atoms with E-state index in [2.05, 4.69) is 103 Å². The van der Waals surface area contributed by atoms with E-state index in [4.69, 9.17) is 0 Å². The van der Waals surface area contributed by atoms with E-state index in [0.29, 0.717) is 0 Å². The summed E-state index contributed by atoms with van der Waals surface area (Å²) < 4.78 is 0. The number of rotatable bonds is 16. The number of aryl methyl sites for hydroxylation is 1. The van der Waals surface area contributed by atoms with Crippen LogP contribution in [0.15, 0.2) is 102 Å². The first-order valence-electron chi connectivity index (χ1n) is 15.9. The van der Waals surface area contributed by atoms with Crippen molar-refractivity contribution in [1.29, 1.82) is 0 Å². The van der Waals surface area contributed by atoms with Crippen LogP contribution in [0.5, 0.6) is 0 Å². The first-order chi connectivity index (χ1) is 20.4. The number of aromatic nitrogens is 3. The highest BCUT2D eigenvalue weighted by atomic mass is 15.1. The number of nitrogens with one attached hydrogen (secondary N) is 2. The molecule has 2 aromatic rings. The van der Waals surface area contributed by atoms with Crippen molar-refractivity contribution in [2.75, 3.05) is 13.1 Å². The quantitative estimate of drug-likeness (QED) is 0.158. The summed E-state index contributed by atoms with van der Waals surface area (Å²) in [7, 11) is 0. The van der Waals surface area contributed by atoms with Crippen LogP contribution in [0.25, 0.3) is 17.0 Å². The number of nitrogens with zero attached hydrogens (tertiary/aromatic N) is 2. The topological polar surface area (TPSA) is 53.6 Å². The molecule has 0 unspecified atom stereocenters. The maximum Gasteiger partial charge on any atom is 0.0912 e. The minimum atomic E-state index is 0.818. The molecule has 0 saturated heterocycles. The van der Waals surface area contributed by atoms with Crippen LogP contribution in [0.4, 0.5) is 0 Å². The van der Waals surface area contributed by atoms with Crippen LogP contribution in [0, 0.1) is 12.8 Å². The van der Waals surface area contributed by atoms with Crippen molar-refractivity contribution < 1.29 is 0 Å². The van der Waals surface area contributed by atoms with Crippen molar-refractivity contribution in [1.82, 2.24) is 20.5 Å². The predicted molar refractivity (Wildman–Crippen MR) is 182 cm³/mol. The SMILES string of the molecule is C=C1\C=C/C(c2cn[nH]c2-c2cccc(C)n2)=C/C=C/C1=C/C(=C\C)CNCCC/C(=C/CCCCC(C)C)CCC. The van der Waals surface area contributed by atoms with Crippen LogP contribution in [0.3, 0.4) is 0 Å². The Morgan fingerprint density at radius 3 is 2.71 bits per heavy atom. The Morgan fingerprint density at radius 2 is 1.95 bits per heavy atom. The van der Waals surface area contributed by atoms with Crippen LogP contribution in [-0.2, 0) is 0 Å². The van der Waals surface area contributed by atoms with Crippen molar-refractivity contribution in [3.05, 3.63) is 113 Å². The van der Waals surface area contributed by atoms with Gasteiger partial charge in [-0.05, 0) is 92.8 Å². The third-order valence-corrected chi connectivity index (χ3v) is 7.61. The molecule has 224 valence electrons. The second kappa shape index (κ2) is 18.1. The Labute approximate surface area is 255 Å². The first kappa shape index (κ1) is 33.0. The van der Waals surface area contributed by atoms with Gasteiger partial charge in [-0.3, -0.25) is 10.1 Å². The maximum absolute atomic E-state index is 4.68. The Balaban J connectivity index is 1.55. The average molecular weight is 565 g/mol. The third kappa shape index (κ3) is 11.1. The monoisotopic (exact) mass is 564 g/mol. The van der Waals surface area contributed by atoms with Crippen molar-refractivity contribution in [2.45, 2.75) is 86.0 Å². The summed E-state index contributed by atoms with van der Waals surface area (Å²) in [5, 5.41) is 11.1. The maximum atomic E-state index is 4.68. The van der Waals surface area contributed by atoms with Crippen molar-refractivity contribution in [3.8, 4) is 11.4 Å². The van der Waals surface area contributed by atoms with Crippen molar-refractivity contribution in [2.24, 2.45) is 5.92 Å². The lowest BCUT2D eigenvalue weighted by molar-refractivity contribution is 0.539. The lowest BCUT2D eigenvalue weighted by Crippen LogP contribution is -2.18. The zero-order chi connectivity index (χ0) is 30.2. The molecule has 42 heavy (non-hydrogen) atoms. The fraction of sp³-hybridized carbons (Fsp3) is 0.421. The Bertz CT molecular complexity index is 1330. The summed E-state index contributed by atoms with van der Waals surface area (Å²) in [6.45, 7) is 17.3. The molecule has 1 aliphatic carbocycles. The van der Waals surface area contributed by atoms with E-state index >= 15 is 0 Å². The molecular weight excluding hydrogens is 512 g/mol. The third-order valence-electron chi connectivity index (χ3n) is 7.61. The number of aromatic amines is 1. The van der Waals surface area contributed by atoms with E-state index in [1.165, 1.54) is 56.9 Å². The lowest BCUT2D eigenvalue weighted by Gasteiger charge is -2.11. The molecule has 4 nitrogen and oxygen atoms in total. The van der Waals surface area contributed by atoms with E-state index in [9.17, 15) is 0 Å². The second-order valence-electron chi connectivity index (χ2n) is 11.7. The molecule has 0 aromatic carbocycles. The molecule has 0 saturated carbocycles. The molecule has 0 fully saturated rings. The van der Waals surface area contributed by atoms with Crippen LogP contribution in [0.2, 0.25) is 0 Å². The molecule has 2 aromatic heterocycles. The number of hydrogen-bond donors (Lipinski definition) is 2. The summed E-state index contributed by atoms with van der Waals surface area (Å²) in [5.41, 5.74) is 9.90. The molecule has 0 spiro atoms. The molecule has 0 bridgehead atoms. The Morgan fingerprint density at radius 1 is 1.10 bits per heavy atom. The molecule has 4 heteroatoms. The molecule has 3 rings (SSSR count). The van der Waals surface area contributed by atoms with Gasteiger partial charge >= 0.3 is 0 Å². The molecule has 0 amide bonds. The highest BCUT2D eigenvalue weighted by molar-refractivity contribution is 5.84. The van der Waals surface area contributed by atoms with Gasteiger partial charge in [0.1, 0.15) is 0 Å².